The molecule has 0 aliphatic rings. The van der Waals surface area contributed by atoms with Crippen LogP contribution in [-0.4, -0.2) is 42.1 Å². The number of carbonyl (C=O) groups excluding carboxylic acids is 2. The summed E-state index contributed by atoms with van der Waals surface area (Å²) in [7, 11) is 0.711. The van der Waals surface area contributed by atoms with Crippen molar-refractivity contribution in [3.05, 3.63) is 35.9 Å². The second kappa shape index (κ2) is 7.32. The number of benzene rings is 1. The molecule has 0 unspecified atom stereocenters. The van der Waals surface area contributed by atoms with Gasteiger partial charge in [-0.2, -0.15) is 13.2 Å². The molecule has 128 valence electrons. The van der Waals surface area contributed by atoms with Crippen LogP contribution in [0.25, 0.3) is 0 Å². The molecule has 0 saturated carbocycles. The molecular weight excluding hydrogens is 319 g/mol. The SMILES string of the molecule is COC(=O)[C@](NC(=O)OCc1ccccc1)([C@@H](C)O)C(F)(F)F. The number of aliphatic hydroxyl groups is 1. The fourth-order valence-electron chi connectivity index (χ4n) is 1.83. The van der Waals surface area contributed by atoms with Crippen LogP contribution in [0, 0.1) is 0 Å². The van der Waals surface area contributed by atoms with Gasteiger partial charge in [0.25, 0.3) is 5.54 Å². The third-order valence-corrected chi connectivity index (χ3v) is 3.09. The van der Waals surface area contributed by atoms with Crippen molar-refractivity contribution in [3.63, 3.8) is 0 Å². The van der Waals surface area contributed by atoms with Gasteiger partial charge in [-0.15, -0.1) is 0 Å². The Hall–Kier alpha value is -2.29. The van der Waals surface area contributed by atoms with Crippen LogP contribution in [0.15, 0.2) is 30.3 Å². The minimum absolute atomic E-state index is 0.304. The standard InChI is InChI=1S/C14H16F3NO5/c1-9(19)13(11(20)22-2,14(15,16)17)18-12(21)23-8-10-6-4-3-5-7-10/h3-7,9,19H,8H2,1-2H3,(H,18,21)/t9-,13-/m1/s1. The molecule has 0 fully saturated rings. The Labute approximate surface area is 130 Å². The molecule has 0 aliphatic carbocycles. The van der Waals surface area contributed by atoms with Crippen LogP contribution < -0.4 is 5.32 Å². The first-order chi connectivity index (χ1) is 10.6. The van der Waals surface area contributed by atoms with E-state index in [2.05, 4.69) is 9.47 Å². The maximum Gasteiger partial charge on any atom is 0.425 e. The molecule has 1 amide bonds. The summed E-state index contributed by atoms with van der Waals surface area (Å²) in [6, 6.07) is 8.21. The van der Waals surface area contributed by atoms with E-state index in [1.807, 2.05) is 0 Å². The number of methoxy groups -OCH3 is 1. The third-order valence-electron chi connectivity index (χ3n) is 3.09. The van der Waals surface area contributed by atoms with E-state index in [0.717, 1.165) is 0 Å². The molecule has 0 aliphatic heterocycles. The van der Waals surface area contributed by atoms with Crippen molar-refractivity contribution in [1.29, 1.82) is 0 Å². The van der Waals surface area contributed by atoms with Gasteiger partial charge in [-0.3, -0.25) is 5.32 Å². The Morgan fingerprint density at radius 3 is 2.26 bits per heavy atom. The van der Waals surface area contributed by atoms with Gasteiger partial charge in [0.15, 0.2) is 0 Å². The van der Waals surface area contributed by atoms with Gasteiger partial charge in [-0.25, -0.2) is 9.59 Å². The van der Waals surface area contributed by atoms with Gasteiger partial charge in [0.05, 0.1) is 13.2 Å². The fraction of sp³-hybridized carbons (Fsp3) is 0.429. The van der Waals surface area contributed by atoms with E-state index in [9.17, 15) is 27.9 Å². The minimum atomic E-state index is -5.29. The highest BCUT2D eigenvalue weighted by atomic mass is 19.4. The molecule has 0 aromatic heterocycles. The number of aliphatic hydroxyl groups excluding tert-OH is 1. The number of hydrogen-bond acceptors (Lipinski definition) is 5. The lowest BCUT2D eigenvalue weighted by Gasteiger charge is -2.35. The van der Waals surface area contributed by atoms with Crippen LogP contribution >= 0.6 is 0 Å². The van der Waals surface area contributed by atoms with Crippen molar-refractivity contribution < 1.29 is 37.3 Å². The number of amides is 1. The normalized spacial score (nSPS) is 15.2. The van der Waals surface area contributed by atoms with Gasteiger partial charge < -0.3 is 14.6 Å². The largest absolute Gasteiger partial charge is 0.467 e. The molecule has 2 atom stereocenters. The summed E-state index contributed by atoms with van der Waals surface area (Å²) in [4.78, 5) is 23.2. The third kappa shape index (κ3) is 4.13. The van der Waals surface area contributed by atoms with Crippen LogP contribution in [-0.2, 0) is 20.9 Å². The maximum atomic E-state index is 13.3. The van der Waals surface area contributed by atoms with Crippen molar-refractivity contribution in [2.24, 2.45) is 0 Å². The molecule has 2 N–H and O–H groups in total. The molecule has 0 spiro atoms. The average molecular weight is 335 g/mol. The highest BCUT2D eigenvalue weighted by Crippen LogP contribution is 2.34. The number of hydrogen-bond donors (Lipinski definition) is 2. The number of esters is 1. The van der Waals surface area contributed by atoms with E-state index in [4.69, 9.17) is 0 Å². The summed E-state index contributed by atoms with van der Waals surface area (Å²) in [6.07, 6.45) is -9.10. The summed E-state index contributed by atoms with van der Waals surface area (Å²) < 4.78 is 48.5. The number of ether oxygens (including phenoxy) is 2. The van der Waals surface area contributed by atoms with Crippen LogP contribution in [0.3, 0.4) is 0 Å². The van der Waals surface area contributed by atoms with Crippen molar-refractivity contribution >= 4 is 12.1 Å². The van der Waals surface area contributed by atoms with Gasteiger partial charge in [0.1, 0.15) is 6.61 Å². The molecule has 0 bridgehead atoms. The number of alkyl carbamates (subject to hydrolysis) is 1. The van der Waals surface area contributed by atoms with E-state index in [-0.39, 0.29) is 6.61 Å². The summed E-state index contributed by atoms with van der Waals surface area (Å²) in [5.74, 6) is -1.85. The zero-order valence-corrected chi connectivity index (χ0v) is 12.4. The summed E-state index contributed by atoms with van der Waals surface area (Å²) in [5.41, 5.74) is -3.08. The monoisotopic (exact) mass is 335 g/mol. The Kier molecular flexibility index (Phi) is 5.97. The van der Waals surface area contributed by atoms with Gasteiger partial charge in [0.2, 0.25) is 0 Å². The minimum Gasteiger partial charge on any atom is -0.467 e. The second-order valence-electron chi connectivity index (χ2n) is 4.66. The van der Waals surface area contributed by atoms with E-state index in [0.29, 0.717) is 19.6 Å². The predicted molar refractivity (Wildman–Crippen MR) is 72.2 cm³/mol. The number of alkyl halides is 3. The van der Waals surface area contributed by atoms with Crippen LogP contribution in [0.2, 0.25) is 0 Å². The Morgan fingerprint density at radius 2 is 1.83 bits per heavy atom. The van der Waals surface area contributed by atoms with Crippen molar-refractivity contribution in [3.8, 4) is 0 Å². The van der Waals surface area contributed by atoms with Crippen LogP contribution in [0.5, 0.6) is 0 Å². The highest BCUT2D eigenvalue weighted by molar-refractivity contribution is 5.87. The summed E-state index contributed by atoms with van der Waals surface area (Å²) in [6.45, 7) is 0.406. The van der Waals surface area contributed by atoms with Gasteiger partial charge in [-0.1, -0.05) is 30.3 Å². The molecule has 9 heteroatoms. The van der Waals surface area contributed by atoms with Gasteiger partial charge in [0, 0.05) is 0 Å². The average Bonchev–Trinajstić information content (AvgIpc) is 2.49. The molecule has 0 heterocycles. The maximum absolute atomic E-state index is 13.3. The van der Waals surface area contributed by atoms with Crippen LogP contribution in [0.4, 0.5) is 18.0 Å². The zero-order chi connectivity index (χ0) is 17.7. The first-order valence-electron chi connectivity index (χ1n) is 6.47. The van der Waals surface area contributed by atoms with Crippen molar-refractivity contribution in [2.75, 3.05) is 7.11 Å². The molecular formula is C14H16F3NO5. The highest BCUT2D eigenvalue weighted by Gasteiger charge is 2.66. The zero-order valence-electron chi connectivity index (χ0n) is 12.4. The first-order valence-corrected chi connectivity index (χ1v) is 6.47. The second-order valence-corrected chi connectivity index (χ2v) is 4.66. The topological polar surface area (TPSA) is 84.9 Å². The molecule has 6 nitrogen and oxygen atoms in total. The number of rotatable bonds is 5. The number of carbonyl (C=O) groups is 2. The van der Waals surface area contributed by atoms with Crippen molar-refractivity contribution in [2.45, 2.75) is 31.3 Å². The summed E-state index contributed by atoms with van der Waals surface area (Å²) in [5, 5.41) is 10.8. The van der Waals surface area contributed by atoms with Gasteiger partial charge in [-0.05, 0) is 12.5 Å². The number of nitrogens with one attached hydrogen (secondary N) is 1. The lowest BCUT2D eigenvalue weighted by atomic mass is 9.92. The Morgan fingerprint density at radius 1 is 1.26 bits per heavy atom. The predicted octanol–water partition coefficient (Wildman–Crippen LogP) is 1.77. The van der Waals surface area contributed by atoms with E-state index >= 15 is 0 Å². The molecule has 23 heavy (non-hydrogen) atoms. The molecule has 0 radical (unpaired) electrons. The Bertz CT molecular complexity index is 547. The van der Waals surface area contributed by atoms with Gasteiger partial charge >= 0.3 is 18.2 Å². The van der Waals surface area contributed by atoms with E-state index in [1.165, 1.54) is 5.32 Å². The molecule has 1 aromatic rings. The molecule has 1 aromatic carbocycles. The summed E-state index contributed by atoms with van der Waals surface area (Å²) >= 11 is 0. The smallest absolute Gasteiger partial charge is 0.425 e. The lowest BCUT2D eigenvalue weighted by Crippen LogP contribution is -2.70. The van der Waals surface area contributed by atoms with E-state index in [1.54, 1.807) is 30.3 Å². The molecule has 1 rings (SSSR count). The van der Waals surface area contributed by atoms with E-state index < -0.39 is 29.9 Å². The first kappa shape index (κ1) is 18.8. The quantitative estimate of drug-likeness (QED) is 0.801. The Balaban J connectivity index is 2.92. The van der Waals surface area contributed by atoms with Crippen molar-refractivity contribution in [1.82, 2.24) is 5.32 Å². The van der Waals surface area contributed by atoms with Crippen LogP contribution in [0.1, 0.15) is 12.5 Å². The lowest BCUT2D eigenvalue weighted by molar-refractivity contribution is -0.228. The molecule has 0 saturated heterocycles. The fourth-order valence-corrected chi connectivity index (χ4v) is 1.83. The number of halogens is 3.